The van der Waals surface area contributed by atoms with E-state index in [1.807, 2.05) is 24.3 Å². The van der Waals surface area contributed by atoms with Crippen molar-refractivity contribution in [2.24, 2.45) is 11.8 Å². The molecule has 2 amide bonds. The van der Waals surface area contributed by atoms with Gasteiger partial charge >= 0.3 is 0 Å². The largest absolute Gasteiger partial charge is 0.494 e. The van der Waals surface area contributed by atoms with Crippen LogP contribution in [-0.4, -0.2) is 18.4 Å². The minimum absolute atomic E-state index is 0.0782. The van der Waals surface area contributed by atoms with Crippen LogP contribution in [0.4, 0.5) is 5.69 Å². The molecule has 1 heterocycles. The Bertz CT molecular complexity index is 1230. The van der Waals surface area contributed by atoms with Crippen LogP contribution < -0.4 is 9.64 Å². The van der Waals surface area contributed by atoms with E-state index in [-0.39, 0.29) is 29.6 Å². The van der Waals surface area contributed by atoms with Gasteiger partial charge in [-0.25, -0.2) is 4.90 Å². The number of hydrogen-bond acceptors (Lipinski definition) is 3. The highest BCUT2D eigenvalue weighted by molar-refractivity contribution is 6.23. The summed E-state index contributed by atoms with van der Waals surface area (Å²) in [5.41, 5.74) is 4.97. The Balaban J connectivity index is 1.46. The van der Waals surface area contributed by atoms with Gasteiger partial charge in [0.1, 0.15) is 5.75 Å². The minimum atomic E-state index is -0.489. The smallest absolute Gasteiger partial charge is 0.238 e. The molecule has 3 aliphatic carbocycles. The minimum Gasteiger partial charge on any atom is -0.494 e. The van der Waals surface area contributed by atoms with Gasteiger partial charge in [0, 0.05) is 11.3 Å². The number of unbranched alkanes of at least 4 members (excludes halogenated alkanes) is 1. The van der Waals surface area contributed by atoms with Crippen molar-refractivity contribution in [2.75, 3.05) is 11.5 Å². The van der Waals surface area contributed by atoms with Gasteiger partial charge < -0.3 is 4.74 Å². The Labute approximate surface area is 200 Å². The van der Waals surface area contributed by atoms with Gasteiger partial charge in [-0.2, -0.15) is 0 Å². The number of anilines is 1. The molecule has 4 nitrogen and oxygen atoms in total. The lowest BCUT2D eigenvalue weighted by Gasteiger charge is -2.54. The third-order valence-corrected chi connectivity index (χ3v) is 8.21. The number of carbonyl (C=O) groups excluding carboxylic acids is 2. The van der Waals surface area contributed by atoms with Crippen LogP contribution in [0.1, 0.15) is 61.3 Å². The number of ether oxygens (including phenoxy) is 1. The van der Waals surface area contributed by atoms with Gasteiger partial charge in [-0.3, -0.25) is 9.59 Å². The number of nitrogens with zero attached hydrogens (tertiary/aromatic N) is 1. The molecule has 0 aromatic heterocycles. The van der Waals surface area contributed by atoms with Crippen LogP contribution in [0.25, 0.3) is 0 Å². The van der Waals surface area contributed by atoms with Crippen molar-refractivity contribution in [1.29, 1.82) is 0 Å². The Morgan fingerprint density at radius 3 is 2.03 bits per heavy atom. The molecule has 34 heavy (non-hydrogen) atoms. The second-order valence-corrected chi connectivity index (χ2v) is 9.69. The molecule has 172 valence electrons. The predicted molar refractivity (Wildman–Crippen MR) is 132 cm³/mol. The second kappa shape index (κ2) is 7.83. The molecule has 3 aromatic carbocycles. The molecule has 2 atom stereocenters. The molecule has 4 heteroatoms. The summed E-state index contributed by atoms with van der Waals surface area (Å²) < 4.78 is 5.79. The maximum absolute atomic E-state index is 14.1. The summed E-state index contributed by atoms with van der Waals surface area (Å²) >= 11 is 0. The summed E-state index contributed by atoms with van der Waals surface area (Å²) in [6, 6.07) is 24.3. The van der Waals surface area contributed by atoms with Gasteiger partial charge in [-0.15, -0.1) is 0 Å². The summed E-state index contributed by atoms with van der Waals surface area (Å²) in [6.07, 6.45) is 2.84. The highest BCUT2D eigenvalue weighted by atomic mass is 16.5. The normalized spacial score (nSPS) is 26.3. The van der Waals surface area contributed by atoms with Gasteiger partial charge in [0.05, 0.1) is 24.1 Å². The van der Waals surface area contributed by atoms with E-state index in [9.17, 15) is 9.59 Å². The fourth-order valence-electron chi connectivity index (χ4n) is 6.81. The van der Waals surface area contributed by atoms with Crippen LogP contribution >= 0.6 is 0 Å². The van der Waals surface area contributed by atoms with Gasteiger partial charge in [-0.1, -0.05) is 68.8 Å². The maximum atomic E-state index is 14.1. The second-order valence-electron chi connectivity index (χ2n) is 9.69. The lowest BCUT2D eigenvalue weighted by molar-refractivity contribution is -0.123. The van der Waals surface area contributed by atoms with Gasteiger partial charge in [-0.05, 0) is 59.4 Å². The molecule has 1 aliphatic heterocycles. The summed E-state index contributed by atoms with van der Waals surface area (Å²) in [4.78, 5) is 29.5. The molecule has 2 bridgehead atoms. The highest BCUT2D eigenvalue weighted by Gasteiger charge is 2.67. The molecule has 0 spiro atoms. The van der Waals surface area contributed by atoms with Gasteiger partial charge in [0.2, 0.25) is 11.8 Å². The fraction of sp³-hybridized carbons (Fsp3) is 0.333. The number of hydrogen-bond donors (Lipinski definition) is 0. The molecule has 0 radical (unpaired) electrons. The van der Waals surface area contributed by atoms with Crippen LogP contribution in [-0.2, 0) is 15.0 Å². The number of amides is 2. The third kappa shape index (κ3) is 2.65. The predicted octanol–water partition coefficient (Wildman–Crippen LogP) is 5.83. The van der Waals surface area contributed by atoms with E-state index in [0.29, 0.717) is 12.3 Å². The van der Waals surface area contributed by atoms with Gasteiger partial charge in [0.15, 0.2) is 0 Å². The fourth-order valence-corrected chi connectivity index (χ4v) is 6.81. The van der Waals surface area contributed by atoms with E-state index in [1.54, 1.807) is 0 Å². The molecule has 0 unspecified atom stereocenters. The molecule has 0 N–H and O–H groups in total. The number of imide groups is 1. The van der Waals surface area contributed by atoms with Crippen LogP contribution in [0.2, 0.25) is 0 Å². The van der Waals surface area contributed by atoms with Crippen molar-refractivity contribution in [3.8, 4) is 5.75 Å². The zero-order valence-electron chi connectivity index (χ0n) is 19.7. The first kappa shape index (κ1) is 21.2. The van der Waals surface area contributed by atoms with E-state index < -0.39 is 5.41 Å². The first-order chi connectivity index (χ1) is 16.6. The molecule has 7 rings (SSSR count). The standard InChI is InChI=1S/C30H29NO3/c1-3-5-18-34-20-16-14-19(15-17-20)31-28(32)26-25-21-10-6-8-12-23(21)30(4-2,27(26)29(31)33)24-13-9-7-11-22(24)25/h6-17,25-27H,3-5,18H2,1-2H3/t25?,26-,27-,30?/m0/s1. The van der Waals surface area contributed by atoms with Crippen molar-refractivity contribution in [1.82, 2.24) is 0 Å². The lowest BCUT2D eigenvalue weighted by atomic mass is 9.46. The molecule has 0 saturated carbocycles. The molecule has 1 saturated heterocycles. The Hall–Kier alpha value is -3.40. The average molecular weight is 452 g/mol. The highest BCUT2D eigenvalue weighted by Crippen LogP contribution is 2.65. The van der Waals surface area contributed by atoms with Crippen molar-refractivity contribution in [3.63, 3.8) is 0 Å². The van der Waals surface area contributed by atoms with E-state index in [4.69, 9.17) is 4.74 Å². The Kier molecular flexibility index (Phi) is 4.87. The number of carbonyl (C=O) groups is 2. The first-order valence-corrected chi connectivity index (χ1v) is 12.4. The first-order valence-electron chi connectivity index (χ1n) is 12.4. The summed E-state index contributed by atoms with van der Waals surface area (Å²) in [5, 5.41) is 0. The quantitative estimate of drug-likeness (QED) is 0.350. The van der Waals surface area contributed by atoms with Gasteiger partial charge in [0.25, 0.3) is 0 Å². The topological polar surface area (TPSA) is 46.6 Å². The van der Waals surface area contributed by atoms with E-state index in [2.05, 4.69) is 62.4 Å². The van der Waals surface area contributed by atoms with E-state index in [0.717, 1.165) is 25.0 Å². The number of rotatable bonds is 6. The van der Waals surface area contributed by atoms with Crippen molar-refractivity contribution < 1.29 is 14.3 Å². The van der Waals surface area contributed by atoms with E-state index >= 15 is 0 Å². The van der Waals surface area contributed by atoms with Crippen LogP contribution in [0.3, 0.4) is 0 Å². The Morgan fingerprint density at radius 2 is 1.44 bits per heavy atom. The molecular weight excluding hydrogens is 422 g/mol. The van der Waals surface area contributed by atoms with Crippen LogP contribution in [0, 0.1) is 11.8 Å². The van der Waals surface area contributed by atoms with Crippen LogP contribution in [0.15, 0.2) is 72.8 Å². The zero-order valence-corrected chi connectivity index (χ0v) is 19.7. The lowest BCUT2D eigenvalue weighted by Crippen LogP contribution is -2.53. The van der Waals surface area contributed by atoms with Crippen molar-refractivity contribution >= 4 is 17.5 Å². The average Bonchev–Trinajstić information content (AvgIpc) is 3.15. The molecule has 3 aromatic rings. The molecular formula is C30H29NO3. The zero-order chi connectivity index (χ0) is 23.4. The van der Waals surface area contributed by atoms with Crippen LogP contribution in [0.5, 0.6) is 5.75 Å². The van der Waals surface area contributed by atoms with E-state index in [1.165, 1.54) is 27.2 Å². The number of benzene rings is 3. The summed E-state index contributed by atoms with van der Waals surface area (Å²) in [5.74, 6) is -0.257. The maximum Gasteiger partial charge on any atom is 0.238 e. The SMILES string of the molecule is CCCCOc1ccc(N2C(=O)[C@@H]3[C@@H](C2=O)C2c4ccccc4C3(CC)c3ccccc32)cc1. The molecule has 1 fully saturated rings. The molecule has 4 aliphatic rings. The Morgan fingerprint density at radius 1 is 0.824 bits per heavy atom. The monoisotopic (exact) mass is 451 g/mol. The van der Waals surface area contributed by atoms with Crippen molar-refractivity contribution in [3.05, 3.63) is 95.1 Å². The summed E-state index contributed by atoms with van der Waals surface area (Å²) in [7, 11) is 0. The van der Waals surface area contributed by atoms with Crippen molar-refractivity contribution in [2.45, 2.75) is 44.4 Å². The third-order valence-electron chi connectivity index (χ3n) is 8.21. The summed E-state index contributed by atoms with van der Waals surface area (Å²) in [6.45, 7) is 4.95.